The zero-order valence-corrected chi connectivity index (χ0v) is 9.66. The van der Waals surface area contributed by atoms with E-state index in [4.69, 9.17) is 5.73 Å². The van der Waals surface area contributed by atoms with Crippen molar-refractivity contribution in [1.82, 2.24) is 4.90 Å². The summed E-state index contributed by atoms with van der Waals surface area (Å²) in [7, 11) is 0. The quantitative estimate of drug-likeness (QED) is 0.741. The largest absolute Gasteiger partial charge is 0.338 e. The van der Waals surface area contributed by atoms with E-state index in [0.717, 1.165) is 13.0 Å². The number of nitrogens with zero attached hydrogens (tertiary/aromatic N) is 1. The lowest BCUT2D eigenvalue weighted by atomic mass is 9.86. The molecule has 0 aromatic rings. The van der Waals surface area contributed by atoms with Crippen molar-refractivity contribution >= 4 is 5.91 Å². The van der Waals surface area contributed by atoms with Crippen LogP contribution in [0, 0.1) is 11.8 Å². The van der Waals surface area contributed by atoms with E-state index in [2.05, 4.69) is 13.8 Å². The van der Waals surface area contributed by atoms with Gasteiger partial charge in [-0.2, -0.15) is 0 Å². The highest BCUT2D eigenvalue weighted by molar-refractivity contribution is 5.83. The van der Waals surface area contributed by atoms with Gasteiger partial charge in [-0.05, 0) is 25.2 Å². The second-order valence-corrected chi connectivity index (χ2v) is 4.67. The minimum Gasteiger partial charge on any atom is -0.338 e. The minimum atomic E-state index is -0.324. The maximum Gasteiger partial charge on any atom is 0.240 e. The molecule has 82 valence electrons. The first-order valence-corrected chi connectivity index (χ1v) is 5.55. The molecule has 0 spiro atoms. The van der Waals surface area contributed by atoms with Crippen LogP contribution in [0.5, 0.6) is 0 Å². The van der Waals surface area contributed by atoms with Crippen LogP contribution in [0.2, 0.25) is 0 Å². The molecular formula is C11H22N2O. The topological polar surface area (TPSA) is 46.3 Å². The van der Waals surface area contributed by atoms with Gasteiger partial charge in [-0.1, -0.05) is 20.8 Å². The van der Waals surface area contributed by atoms with E-state index in [-0.39, 0.29) is 17.9 Å². The first kappa shape index (κ1) is 11.5. The zero-order chi connectivity index (χ0) is 10.9. The predicted molar refractivity (Wildman–Crippen MR) is 57.8 cm³/mol. The average Bonchev–Trinajstić information content (AvgIpc) is 2.14. The lowest BCUT2D eigenvalue weighted by Crippen LogP contribution is -2.61. The lowest BCUT2D eigenvalue weighted by Gasteiger charge is -2.47. The summed E-state index contributed by atoms with van der Waals surface area (Å²) in [6.45, 7) is 9.17. The van der Waals surface area contributed by atoms with Crippen molar-refractivity contribution < 1.29 is 4.79 Å². The monoisotopic (exact) mass is 198 g/mol. The van der Waals surface area contributed by atoms with Crippen LogP contribution >= 0.6 is 0 Å². The Hall–Kier alpha value is -0.570. The van der Waals surface area contributed by atoms with Crippen LogP contribution in [0.25, 0.3) is 0 Å². The van der Waals surface area contributed by atoms with Gasteiger partial charge < -0.3 is 10.6 Å². The van der Waals surface area contributed by atoms with Gasteiger partial charge in [0.05, 0.1) is 6.04 Å². The van der Waals surface area contributed by atoms with E-state index >= 15 is 0 Å². The fraction of sp³-hybridized carbons (Fsp3) is 0.909. The Labute approximate surface area is 86.6 Å². The SMILES string of the molecule is CCC1CN(C(=O)C(N)C(C)C)C1C. The van der Waals surface area contributed by atoms with Crippen molar-refractivity contribution in [3.63, 3.8) is 0 Å². The van der Waals surface area contributed by atoms with E-state index in [9.17, 15) is 4.79 Å². The van der Waals surface area contributed by atoms with Gasteiger partial charge in [-0.3, -0.25) is 4.79 Å². The van der Waals surface area contributed by atoms with Crippen molar-refractivity contribution in [3.8, 4) is 0 Å². The molecule has 1 fully saturated rings. The molecule has 2 N–H and O–H groups in total. The van der Waals surface area contributed by atoms with Gasteiger partial charge in [0.25, 0.3) is 0 Å². The molecule has 1 aliphatic rings. The van der Waals surface area contributed by atoms with Crippen LogP contribution in [0.4, 0.5) is 0 Å². The molecule has 1 amide bonds. The first-order valence-electron chi connectivity index (χ1n) is 5.55. The van der Waals surface area contributed by atoms with Crippen LogP contribution in [0.3, 0.4) is 0 Å². The number of carbonyl (C=O) groups is 1. The Morgan fingerprint density at radius 1 is 1.57 bits per heavy atom. The van der Waals surface area contributed by atoms with Gasteiger partial charge >= 0.3 is 0 Å². The predicted octanol–water partition coefficient (Wildman–Crippen LogP) is 1.23. The van der Waals surface area contributed by atoms with Gasteiger partial charge in [-0.25, -0.2) is 0 Å². The molecule has 0 aromatic heterocycles. The Bertz CT molecular complexity index is 215. The van der Waals surface area contributed by atoms with Gasteiger partial charge in [0.15, 0.2) is 0 Å². The lowest BCUT2D eigenvalue weighted by molar-refractivity contribution is -0.145. The maximum absolute atomic E-state index is 11.8. The highest BCUT2D eigenvalue weighted by Gasteiger charge is 2.39. The van der Waals surface area contributed by atoms with E-state index in [0.29, 0.717) is 12.0 Å². The third-order valence-corrected chi connectivity index (χ3v) is 3.42. The Morgan fingerprint density at radius 3 is 2.50 bits per heavy atom. The van der Waals surface area contributed by atoms with Gasteiger partial charge in [-0.15, -0.1) is 0 Å². The number of hydrogen-bond donors (Lipinski definition) is 1. The minimum absolute atomic E-state index is 0.122. The van der Waals surface area contributed by atoms with Crippen LogP contribution < -0.4 is 5.73 Å². The Balaban J connectivity index is 2.49. The number of rotatable bonds is 3. The molecule has 0 saturated carbocycles. The molecule has 0 bridgehead atoms. The van der Waals surface area contributed by atoms with E-state index in [1.807, 2.05) is 18.7 Å². The smallest absolute Gasteiger partial charge is 0.240 e. The molecule has 0 radical (unpaired) electrons. The summed E-state index contributed by atoms with van der Waals surface area (Å²) >= 11 is 0. The van der Waals surface area contributed by atoms with Gasteiger partial charge in [0, 0.05) is 12.6 Å². The van der Waals surface area contributed by atoms with Crippen LogP contribution in [0.15, 0.2) is 0 Å². The second-order valence-electron chi connectivity index (χ2n) is 4.67. The van der Waals surface area contributed by atoms with Crippen LogP contribution in [0.1, 0.15) is 34.1 Å². The van der Waals surface area contributed by atoms with E-state index in [1.54, 1.807) is 0 Å². The van der Waals surface area contributed by atoms with E-state index in [1.165, 1.54) is 0 Å². The van der Waals surface area contributed by atoms with Crippen LogP contribution in [-0.2, 0) is 4.79 Å². The summed E-state index contributed by atoms with van der Waals surface area (Å²) in [6.07, 6.45) is 1.15. The van der Waals surface area contributed by atoms with Crippen molar-refractivity contribution in [1.29, 1.82) is 0 Å². The number of likely N-dealkylation sites (tertiary alicyclic amines) is 1. The maximum atomic E-state index is 11.8. The van der Waals surface area contributed by atoms with Crippen molar-refractivity contribution in [2.24, 2.45) is 17.6 Å². The summed E-state index contributed by atoms with van der Waals surface area (Å²) in [4.78, 5) is 13.8. The Morgan fingerprint density at radius 2 is 2.14 bits per heavy atom. The fourth-order valence-corrected chi connectivity index (χ4v) is 1.93. The summed E-state index contributed by atoms with van der Waals surface area (Å²) in [5, 5.41) is 0. The molecule has 1 saturated heterocycles. The van der Waals surface area contributed by atoms with Crippen LogP contribution in [-0.4, -0.2) is 29.4 Å². The highest BCUT2D eigenvalue weighted by Crippen LogP contribution is 2.28. The number of nitrogens with two attached hydrogens (primary N) is 1. The highest BCUT2D eigenvalue weighted by atomic mass is 16.2. The van der Waals surface area contributed by atoms with Gasteiger partial charge in [0.1, 0.15) is 0 Å². The molecule has 1 heterocycles. The molecule has 14 heavy (non-hydrogen) atoms. The number of hydrogen-bond acceptors (Lipinski definition) is 2. The number of carbonyl (C=O) groups excluding carboxylic acids is 1. The second kappa shape index (κ2) is 4.30. The normalized spacial score (nSPS) is 28.9. The average molecular weight is 198 g/mol. The summed E-state index contributed by atoms with van der Waals surface area (Å²) in [5.74, 6) is 1.03. The van der Waals surface area contributed by atoms with Crippen molar-refractivity contribution in [2.45, 2.75) is 46.2 Å². The number of amides is 1. The standard InChI is InChI=1S/C11H22N2O/c1-5-9-6-13(8(9)4)11(14)10(12)7(2)3/h7-10H,5-6,12H2,1-4H3. The summed E-state index contributed by atoms with van der Waals surface area (Å²) in [6, 6.07) is 0.0626. The van der Waals surface area contributed by atoms with E-state index < -0.39 is 0 Å². The summed E-state index contributed by atoms with van der Waals surface area (Å²) in [5.41, 5.74) is 5.83. The van der Waals surface area contributed by atoms with Gasteiger partial charge in [0.2, 0.25) is 5.91 Å². The molecule has 1 aliphatic heterocycles. The third-order valence-electron chi connectivity index (χ3n) is 3.42. The molecule has 3 nitrogen and oxygen atoms in total. The molecular weight excluding hydrogens is 176 g/mol. The zero-order valence-electron chi connectivity index (χ0n) is 9.66. The molecule has 3 atom stereocenters. The third kappa shape index (κ3) is 1.92. The first-order chi connectivity index (χ1) is 6.49. The fourth-order valence-electron chi connectivity index (χ4n) is 1.93. The van der Waals surface area contributed by atoms with Crippen molar-refractivity contribution in [3.05, 3.63) is 0 Å². The molecule has 3 heteroatoms. The molecule has 1 rings (SSSR count). The molecule has 3 unspecified atom stereocenters. The van der Waals surface area contributed by atoms with Crippen molar-refractivity contribution in [2.75, 3.05) is 6.54 Å². The summed E-state index contributed by atoms with van der Waals surface area (Å²) < 4.78 is 0. The molecule has 0 aliphatic carbocycles. The molecule has 0 aromatic carbocycles. The Kier molecular flexibility index (Phi) is 3.53.